The number of ether oxygens (including phenoxy) is 24. The van der Waals surface area contributed by atoms with Crippen molar-refractivity contribution in [3.05, 3.63) is 239 Å². The van der Waals surface area contributed by atoms with E-state index >= 15 is 0 Å². The first-order valence-corrected chi connectivity index (χ1v) is 38.5. The molecule has 0 bridgehead atoms. The van der Waals surface area contributed by atoms with Gasteiger partial charge in [0, 0.05) is 95.9 Å². The standard InChI is InChI=1S/2C48H56O12/c2*1-13-17-57-45-37(49-5)25-29-22-34-31(27-39(51-7)47(42(34)54-10)59-19-15-3)24-36-32(28-40(52-8)48(44(36)56-12)60-20-16-4)23-35-30(21-33(29)41(45)53-9)26-38(50-6)46(43(35)55-11)58-18-14-2/h2*13-16,25-28H,1-4,17-24H2,5-12H3. The molecule has 2 aliphatic carbocycles. The number of hydrogen-bond acceptors (Lipinski definition) is 24. The third kappa shape index (κ3) is 19.2. The van der Waals surface area contributed by atoms with Crippen LogP contribution in [0.2, 0.25) is 0 Å². The van der Waals surface area contributed by atoms with E-state index in [2.05, 4.69) is 52.6 Å². The average Bonchev–Trinajstić information content (AvgIpc) is 0.749. The van der Waals surface area contributed by atoms with Crippen LogP contribution in [0.4, 0.5) is 0 Å². The van der Waals surface area contributed by atoms with Crippen molar-refractivity contribution in [1.29, 1.82) is 0 Å². The lowest BCUT2D eigenvalue weighted by molar-refractivity contribution is 0.296. The van der Waals surface area contributed by atoms with Crippen molar-refractivity contribution in [2.24, 2.45) is 0 Å². The predicted octanol–water partition coefficient (Wildman–Crippen LogP) is 17.4. The van der Waals surface area contributed by atoms with Crippen LogP contribution in [-0.4, -0.2) is 167 Å². The summed E-state index contributed by atoms with van der Waals surface area (Å²) >= 11 is 0. The highest BCUT2D eigenvalue weighted by molar-refractivity contribution is 5.73. The largest absolute Gasteiger partial charge is 0.493 e. The maximum absolute atomic E-state index is 6.26. The first-order chi connectivity index (χ1) is 58.5. The fraction of sp³-hybridized carbons (Fsp3) is 0.333. The van der Waals surface area contributed by atoms with E-state index in [-0.39, 0.29) is 52.9 Å². The molecule has 640 valence electrons. The maximum Gasteiger partial charge on any atom is 0.204 e. The highest BCUT2D eigenvalue weighted by Gasteiger charge is 2.36. The van der Waals surface area contributed by atoms with Crippen molar-refractivity contribution in [3.8, 4) is 138 Å². The Morgan fingerprint density at radius 1 is 0.167 bits per heavy atom. The minimum atomic E-state index is 0.215. The fourth-order valence-corrected chi connectivity index (χ4v) is 15.2. The molecule has 0 aromatic heterocycles. The first kappa shape index (κ1) is 90.8. The third-order valence-electron chi connectivity index (χ3n) is 20.3. The van der Waals surface area contributed by atoms with E-state index in [0.29, 0.717) is 189 Å². The van der Waals surface area contributed by atoms with Gasteiger partial charge in [-0.2, -0.15) is 0 Å². The van der Waals surface area contributed by atoms with Gasteiger partial charge in [0.1, 0.15) is 52.9 Å². The van der Waals surface area contributed by atoms with Crippen LogP contribution >= 0.6 is 0 Å². The number of fused-ring (bicyclic) bond motifs is 8. The number of hydrogen-bond donors (Lipinski definition) is 0. The first-order valence-electron chi connectivity index (χ1n) is 38.5. The monoisotopic (exact) mass is 1650 g/mol. The SMILES string of the molecule is C=CCOc1c(OC)cc2c(c1OC)Cc1cc(OC)c(OCC=C)c(OC)c1Cc1cc(OC)c(OCC=C)c(OC)c1Cc1cc(OC)c(OCC=C)c(OC)c1C2.C=CCOc1c(OC)cc2c(c1OC)Cc1cc(OC)c(OCC=C)c(OC)c1Cc1cc(OC)c(OCC=C)c(OC)c1Cc1cc(OC)c(OCC=C)c(OC)c1C2. The molecule has 0 heterocycles. The molecule has 24 heteroatoms. The topological polar surface area (TPSA) is 222 Å². The van der Waals surface area contributed by atoms with Gasteiger partial charge in [0.05, 0.1) is 114 Å². The van der Waals surface area contributed by atoms with Crippen LogP contribution < -0.4 is 114 Å². The Morgan fingerprint density at radius 3 is 0.342 bits per heavy atom. The lowest BCUT2D eigenvalue weighted by Crippen LogP contribution is -2.14. The van der Waals surface area contributed by atoms with Crippen LogP contribution in [0, 0.1) is 0 Å². The molecule has 0 atom stereocenters. The zero-order valence-electron chi connectivity index (χ0n) is 72.0. The predicted molar refractivity (Wildman–Crippen MR) is 464 cm³/mol. The second kappa shape index (κ2) is 43.9. The summed E-state index contributed by atoms with van der Waals surface area (Å²) in [6.45, 7) is 32.7. The molecule has 0 radical (unpaired) electrons. The highest BCUT2D eigenvalue weighted by atomic mass is 16.6. The zero-order chi connectivity index (χ0) is 86.7. The summed E-state index contributed by atoms with van der Waals surface area (Å²) in [6, 6.07) is 15.7. The molecule has 10 rings (SSSR count). The van der Waals surface area contributed by atoms with Gasteiger partial charge in [-0.25, -0.2) is 0 Å². The van der Waals surface area contributed by atoms with Gasteiger partial charge in [-0.05, 0) is 93.0 Å². The van der Waals surface area contributed by atoms with Gasteiger partial charge in [-0.3, -0.25) is 0 Å². The van der Waals surface area contributed by atoms with Crippen LogP contribution in [0.15, 0.2) is 150 Å². The molecule has 2 aliphatic rings. The van der Waals surface area contributed by atoms with E-state index < -0.39 is 0 Å². The lowest BCUT2D eigenvalue weighted by Gasteiger charge is -2.27. The molecule has 0 N–H and O–H groups in total. The summed E-state index contributed by atoms with van der Waals surface area (Å²) in [4.78, 5) is 0. The van der Waals surface area contributed by atoms with Crippen molar-refractivity contribution in [2.75, 3.05) is 167 Å². The fourth-order valence-electron chi connectivity index (χ4n) is 15.2. The smallest absolute Gasteiger partial charge is 0.204 e. The van der Waals surface area contributed by atoms with Crippen molar-refractivity contribution in [3.63, 3.8) is 0 Å². The Morgan fingerprint density at radius 2 is 0.267 bits per heavy atom. The van der Waals surface area contributed by atoms with Crippen molar-refractivity contribution in [1.82, 2.24) is 0 Å². The second-order valence-electron chi connectivity index (χ2n) is 26.8. The Kier molecular flexibility index (Phi) is 33.2. The van der Waals surface area contributed by atoms with E-state index in [1.54, 1.807) is 162 Å². The summed E-state index contributed by atoms with van der Waals surface area (Å²) in [5.74, 6) is 11.2. The maximum atomic E-state index is 6.26. The quantitative estimate of drug-likeness (QED) is 0.0326. The molecule has 0 amide bonds. The van der Waals surface area contributed by atoms with Crippen LogP contribution in [-0.2, 0) is 51.4 Å². The van der Waals surface area contributed by atoms with Gasteiger partial charge in [0.25, 0.3) is 0 Å². The molecule has 0 unspecified atom stereocenters. The zero-order valence-corrected chi connectivity index (χ0v) is 72.0. The molecule has 0 saturated carbocycles. The second-order valence-corrected chi connectivity index (χ2v) is 26.8. The minimum Gasteiger partial charge on any atom is -0.493 e. The molecule has 120 heavy (non-hydrogen) atoms. The molecule has 8 aromatic rings. The molecular formula is C96H112O24. The number of rotatable bonds is 40. The molecule has 0 spiro atoms. The van der Waals surface area contributed by atoms with Gasteiger partial charge in [-0.15, -0.1) is 0 Å². The highest BCUT2D eigenvalue weighted by Crippen LogP contribution is 2.56. The van der Waals surface area contributed by atoms with E-state index in [0.717, 1.165) is 89.0 Å². The van der Waals surface area contributed by atoms with Gasteiger partial charge in [-0.1, -0.05) is 101 Å². The molecule has 0 saturated heterocycles. The Hall–Kier alpha value is -13.1. The van der Waals surface area contributed by atoms with Crippen LogP contribution in [0.1, 0.15) is 89.0 Å². The summed E-state index contributed by atoms with van der Waals surface area (Å²) in [7, 11) is 25.7. The minimum absolute atomic E-state index is 0.215. The third-order valence-corrected chi connectivity index (χ3v) is 20.3. The summed E-state index contributed by atoms with van der Waals surface area (Å²) in [5.41, 5.74) is 13.5. The van der Waals surface area contributed by atoms with Gasteiger partial charge >= 0.3 is 0 Å². The van der Waals surface area contributed by atoms with Crippen molar-refractivity contribution >= 4 is 0 Å². The molecule has 24 nitrogen and oxygen atoms in total. The normalized spacial score (nSPS) is 11.6. The van der Waals surface area contributed by atoms with Gasteiger partial charge in [0.15, 0.2) is 92.0 Å². The van der Waals surface area contributed by atoms with Crippen LogP contribution in [0.3, 0.4) is 0 Å². The average molecular weight is 1650 g/mol. The Bertz CT molecular complexity index is 4100. The van der Waals surface area contributed by atoms with Gasteiger partial charge < -0.3 is 114 Å². The lowest BCUT2D eigenvalue weighted by atomic mass is 9.84. The van der Waals surface area contributed by atoms with Crippen LogP contribution in [0.5, 0.6) is 138 Å². The Labute approximate surface area is 705 Å². The summed E-state index contributed by atoms with van der Waals surface area (Å²) < 4.78 is 148. The molecule has 0 aliphatic heterocycles. The summed E-state index contributed by atoms with van der Waals surface area (Å²) in [5, 5.41) is 0. The van der Waals surface area contributed by atoms with Crippen molar-refractivity contribution < 1.29 is 114 Å². The molecule has 8 aromatic carbocycles. The number of methoxy groups -OCH3 is 16. The molecule has 0 fully saturated rings. The van der Waals surface area contributed by atoms with Gasteiger partial charge in [0.2, 0.25) is 46.0 Å². The van der Waals surface area contributed by atoms with E-state index in [4.69, 9.17) is 114 Å². The van der Waals surface area contributed by atoms with E-state index in [9.17, 15) is 0 Å². The summed E-state index contributed by atoms with van der Waals surface area (Å²) in [6.07, 6.45) is 16.0. The van der Waals surface area contributed by atoms with Crippen LogP contribution in [0.25, 0.3) is 0 Å². The number of benzene rings is 8. The van der Waals surface area contributed by atoms with E-state index in [1.165, 1.54) is 0 Å². The van der Waals surface area contributed by atoms with E-state index in [1.807, 2.05) is 48.5 Å². The van der Waals surface area contributed by atoms with Crippen molar-refractivity contribution in [2.45, 2.75) is 51.4 Å². The molecular weight excluding hydrogens is 1540 g/mol. The Balaban J connectivity index is 0.000000273.